The van der Waals surface area contributed by atoms with Crippen molar-refractivity contribution >= 4 is 110 Å². The third-order valence-electron chi connectivity index (χ3n) is 13.3. The fourth-order valence-electron chi connectivity index (χ4n) is 10.1. The first-order valence-corrected chi connectivity index (χ1v) is 24.5. The highest BCUT2D eigenvalue weighted by Gasteiger charge is 2.19. The predicted octanol–water partition coefficient (Wildman–Crippen LogP) is 17.4. The number of nitrogens with one attached hydrogen (secondary N) is 1. The molecule has 0 aliphatic rings. The Morgan fingerprint density at radius 3 is 2.15 bits per heavy atom. The first kappa shape index (κ1) is 43.3. The van der Waals surface area contributed by atoms with Crippen molar-refractivity contribution in [2.24, 2.45) is 10.7 Å². The molecule has 7 heteroatoms. The van der Waals surface area contributed by atoms with Crippen molar-refractivity contribution in [1.82, 2.24) is 4.57 Å². The summed E-state index contributed by atoms with van der Waals surface area (Å²) >= 11 is 1.84. The summed E-state index contributed by atoms with van der Waals surface area (Å²) in [4.78, 5) is 5.02. The summed E-state index contributed by atoms with van der Waals surface area (Å²) in [5.41, 5.74) is 20.5. The number of nitrogens with zero attached hydrogens (tertiary/aromatic N) is 2. The van der Waals surface area contributed by atoms with E-state index in [2.05, 4.69) is 182 Å². The SMILES string of the molecule is C=Cc1c(/C=C\C)n(-c2cccc(CN=Cc3cccc4oc5ccc(-c6cccc7oc8c(-c9ccc%10c(c9)sc9ccccc9%10)cccc8c67)cc5c34)c2)c2ccccc12.N=C(N)c1ccccc1. The quantitative estimate of drug-likeness (QED) is 0.112. The lowest BCUT2D eigenvalue weighted by atomic mass is 9.96. The molecule has 0 atom stereocenters. The molecule has 0 saturated heterocycles. The van der Waals surface area contributed by atoms with Crippen LogP contribution in [0.15, 0.2) is 221 Å². The number of benzene rings is 9. The minimum absolute atomic E-state index is 0.121. The summed E-state index contributed by atoms with van der Waals surface area (Å²) < 4.78 is 18.1. The molecular formula is C64H46N4O2S. The third-order valence-corrected chi connectivity index (χ3v) is 14.4. The molecule has 0 aliphatic heterocycles. The van der Waals surface area contributed by atoms with Crippen molar-refractivity contribution in [3.8, 4) is 27.9 Å². The van der Waals surface area contributed by atoms with E-state index in [0.717, 1.165) is 105 Å². The van der Waals surface area contributed by atoms with E-state index in [1.807, 2.05) is 66.1 Å². The molecule has 0 fully saturated rings. The highest BCUT2D eigenvalue weighted by Crippen LogP contribution is 2.44. The molecule has 0 bridgehead atoms. The zero-order valence-corrected chi connectivity index (χ0v) is 39.7. The van der Waals surface area contributed by atoms with Crippen LogP contribution in [0, 0.1) is 5.41 Å². The molecule has 4 heterocycles. The smallest absolute Gasteiger partial charge is 0.143 e. The van der Waals surface area contributed by atoms with E-state index < -0.39 is 0 Å². The number of allylic oxidation sites excluding steroid dienone is 1. The van der Waals surface area contributed by atoms with Crippen molar-refractivity contribution in [3.63, 3.8) is 0 Å². The Hall–Kier alpha value is -9.04. The number of hydrogen-bond donors (Lipinski definition) is 2. The molecule has 340 valence electrons. The first-order valence-electron chi connectivity index (χ1n) is 23.6. The maximum atomic E-state index is 7.01. The molecule has 13 aromatic rings. The van der Waals surface area contributed by atoms with E-state index in [-0.39, 0.29) is 5.84 Å². The minimum Gasteiger partial charge on any atom is -0.456 e. The van der Waals surface area contributed by atoms with E-state index in [1.54, 1.807) is 0 Å². The van der Waals surface area contributed by atoms with E-state index in [9.17, 15) is 0 Å². The van der Waals surface area contributed by atoms with Crippen LogP contribution in [0.25, 0.3) is 115 Å². The molecule has 0 spiro atoms. The van der Waals surface area contributed by atoms with Gasteiger partial charge >= 0.3 is 0 Å². The summed E-state index contributed by atoms with van der Waals surface area (Å²) in [6.07, 6.45) is 8.19. The van der Waals surface area contributed by atoms with Gasteiger partial charge < -0.3 is 19.1 Å². The fourth-order valence-corrected chi connectivity index (χ4v) is 11.2. The van der Waals surface area contributed by atoms with Gasteiger partial charge in [-0.1, -0.05) is 158 Å². The Kier molecular flexibility index (Phi) is 11.0. The van der Waals surface area contributed by atoms with Crippen molar-refractivity contribution in [2.45, 2.75) is 13.5 Å². The molecule has 13 rings (SSSR count). The molecule has 3 N–H and O–H groups in total. The van der Waals surface area contributed by atoms with Crippen LogP contribution < -0.4 is 5.73 Å². The molecule has 71 heavy (non-hydrogen) atoms. The second-order valence-corrected chi connectivity index (χ2v) is 18.7. The van der Waals surface area contributed by atoms with Crippen LogP contribution in [-0.2, 0) is 6.54 Å². The molecule has 4 aromatic heterocycles. The van der Waals surface area contributed by atoms with Crippen molar-refractivity contribution < 1.29 is 8.83 Å². The molecular weight excluding hydrogens is 889 g/mol. The lowest BCUT2D eigenvalue weighted by Gasteiger charge is -2.11. The Morgan fingerprint density at radius 1 is 0.620 bits per heavy atom. The lowest BCUT2D eigenvalue weighted by Crippen LogP contribution is -2.10. The lowest BCUT2D eigenvalue weighted by molar-refractivity contribution is 0.669. The number of aliphatic imine (C=N–C) groups is 1. The summed E-state index contributed by atoms with van der Waals surface area (Å²) in [6, 6.07) is 67.4. The normalized spacial score (nSPS) is 11.8. The monoisotopic (exact) mass is 934 g/mol. The van der Waals surface area contributed by atoms with E-state index in [0.29, 0.717) is 6.54 Å². The van der Waals surface area contributed by atoms with Gasteiger partial charge in [0.15, 0.2) is 0 Å². The van der Waals surface area contributed by atoms with Crippen LogP contribution in [0.1, 0.15) is 34.9 Å². The topological polar surface area (TPSA) is 93.4 Å². The number of furan rings is 2. The molecule has 6 nitrogen and oxygen atoms in total. The largest absolute Gasteiger partial charge is 0.456 e. The zero-order chi connectivity index (χ0) is 48.0. The summed E-state index contributed by atoms with van der Waals surface area (Å²) in [5, 5.41) is 15.1. The number of para-hydroxylation sites is 2. The van der Waals surface area contributed by atoms with Crippen molar-refractivity contribution in [1.29, 1.82) is 5.41 Å². The molecule has 9 aromatic carbocycles. The maximum absolute atomic E-state index is 7.01. The maximum Gasteiger partial charge on any atom is 0.143 e. The van der Waals surface area contributed by atoms with Crippen LogP contribution in [0.3, 0.4) is 0 Å². The Morgan fingerprint density at radius 2 is 1.32 bits per heavy atom. The highest BCUT2D eigenvalue weighted by molar-refractivity contribution is 7.25. The Bertz CT molecular complexity index is 4280. The molecule has 0 aliphatic carbocycles. The van der Waals surface area contributed by atoms with Gasteiger partial charge in [0.2, 0.25) is 0 Å². The number of aromatic nitrogens is 1. The second-order valence-electron chi connectivity index (χ2n) is 17.6. The van der Waals surface area contributed by atoms with Crippen LogP contribution in [0.2, 0.25) is 0 Å². The molecule has 0 radical (unpaired) electrons. The van der Waals surface area contributed by atoms with Gasteiger partial charge in [-0.2, -0.15) is 0 Å². The minimum atomic E-state index is 0.121. The van der Waals surface area contributed by atoms with Gasteiger partial charge in [-0.3, -0.25) is 10.4 Å². The Labute approximate surface area is 414 Å². The predicted molar refractivity (Wildman–Crippen MR) is 302 cm³/mol. The van der Waals surface area contributed by atoms with Gasteiger partial charge in [-0.05, 0) is 89.9 Å². The summed E-state index contributed by atoms with van der Waals surface area (Å²) in [6.45, 7) is 6.73. The molecule has 0 saturated carbocycles. The van der Waals surface area contributed by atoms with Gasteiger partial charge in [-0.25, -0.2) is 0 Å². The second kappa shape index (κ2) is 18.1. The zero-order valence-electron chi connectivity index (χ0n) is 38.9. The van der Waals surface area contributed by atoms with E-state index in [4.69, 9.17) is 25.0 Å². The van der Waals surface area contributed by atoms with Crippen LogP contribution in [-0.4, -0.2) is 16.6 Å². The fraction of sp³-hybridized carbons (Fsp3) is 0.0312. The van der Waals surface area contributed by atoms with Crippen molar-refractivity contribution in [2.75, 3.05) is 0 Å². The number of thiophene rings is 1. The number of fused-ring (bicyclic) bond motifs is 10. The molecule has 0 unspecified atom stereocenters. The van der Waals surface area contributed by atoms with Crippen LogP contribution in [0.4, 0.5) is 0 Å². The van der Waals surface area contributed by atoms with Gasteiger partial charge in [0.25, 0.3) is 0 Å². The van der Waals surface area contributed by atoms with Crippen LogP contribution in [0.5, 0.6) is 0 Å². The number of amidine groups is 1. The number of nitrogen functional groups attached to an aromatic ring is 1. The van der Waals surface area contributed by atoms with E-state index in [1.165, 1.54) is 25.6 Å². The first-order chi connectivity index (χ1) is 34.9. The van der Waals surface area contributed by atoms with Gasteiger partial charge in [-0.15, -0.1) is 11.3 Å². The Balaban J connectivity index is 0.000000521. The van der Waals surface area contributed by atoms with Gasteiger partial charge in [0, 0.05) is 81.3 Å². The van der Waals surface area contributed by atoms with E-state index >= 15 is 0 Å². The molecule has 0 amide bonds. The average Bonchev–Trinajstić information content (AvgIpc) is 4.18. The van der Waals surface area contributed by atoms with Gasteiger partial charge in [0.1, 0.15) is 28.2 Å². The average molecular weight is 935 g/mol. The number of nitrogens with two attached hydrogens (primary N) is 1. The summed E-state index contributed by atoms with van der Waals surface area (Å²) in [7, 11) is 0. The number of hydrogen-bond acceptors (Lipinski definition) is 5. The van der Waals surface area contributed by atoms with Gasteiger partial charge in [0.05, 0.1) is 17.8 Å². The number of rotatable bonds is 9. The summed E-state index contributed by atoms with van der Waals surface area (Å²) in [5.74, 6) is 0.121. The standard InChI is InChI=1S/C57H38N2O2S.C7H8N2/c1-3-13-48-40(4-2)43-17-5-7-22-49(43)59(48)39-16-9-14-35(30-39)33-58-34-38-15-10-23-51-55(38)47-31-36(27-29-50(47)60-51)41-19-12-24-52-56(41)46-21-11-20-42(57(46)61-52)37-26-28-45-44-18-6-8-25-53(44)62-54(45)32-37;8-7(9)6-4-2-1-3-5-6/h3-32,34H,2,33H2,1H3;1-5H,(H3,8,9)/b13-3-,58-34?;. The highest BCUT2D eigenvalue weighted by atomic mass is 32.1. The van der Waals surface area contributed by atoms with Crippen molar-refractivity contribution in [3.05, 3.63) is 235 Å². The van der Waals surface area contributed by atoms with Crippen LogP contribution >= 0.6 is 11.3 Å². The third kappa shape index (κ3) is 7.69.